The van der Waals surface area contributed by atoms with Gasteiger partial charge in [0.1, 0.15) is 0 Å². The normalized spacial score (nSPS) is 11.8. The molecule has 2 rings (SSSR count). The molecule has 4 nitrogen and oxygen atoms in total. The van der Waals surface area contributed by atoms with E-state index >= 15 is 0 Å². The van der Waals surface area contributed by atoms with Crippen LogP contribution in [0.15, 0.2) is 48.5 Å². The Bertz CT molecular complexity index is 549. The second-order valence-electron chi connectivity index (χ2n) is 5.08. The van der Waals surface area contributed by atoms with Crippen LogP contribution in [0.3, 0.4) is 0 Å². The van der Waals surface area contributed by atoms with E-state index in [-0.39, 0.29) is 6.17 Å². The van der Waals surface area contributed by atoms with Crippen LogP contribution in [-0.2, 0) is 0 Å². The van der Waals surface area contributed by atoms with E-state index in [1.54, 1.807) is 0 Å². The topological polar surface area (TPSA) is 53.3 Å². The molecule has 0 heterocycles. The standard InChI is InChI=1S/C16H22N4/c1-12(19-15-6-4-5-13(17)11-15)18-14-7-9-16(10-8-14)20(2)3/h4-12,18-19H,17H2,1-3H3. The van der Waals surface area contributed by atoms with Gasteiger partial charge in [0, 0.05) is 36.8 Å². The van der Waals surface area contributed by atoms with E-state index in [9.17, 15) is 0 Å². The lowest BCUT2D eigenvalue weighted by Crippen LogP contribution is -2.24. The summed E-state index contributed by atoms with van der Waals surface area (Å²) in [5.41, 5.74) is 9.81. The van der Waals surface area contributed by atoms with Crippen LogP contribution in [0, 0.1) is 0 Å². The van der Waals surface area contributed by atoms with Gasteiger partial charge in [-0.1, -0.05) is 6.07 Å². The summed E-state index contributed by atoms with van der Waals surface area (Å²) in [6.45, 7) is 2.07. The molecule has 1 unspecified atom stereocenters. The summed E-state index contributed by atoms with van der Waals surface area (Å²) in [5, 5.41) is 6.77. The first-order valence-electron chi connectivity index (χ1n) is 6.70. The van der Waals surface area contributed by atoms with Crippen LogP contribution in [-0.4, -0.2) is 20.3 Å². The van der Waals surface area contributed by atoms with Crippen molar-refractivity contribution < 1.29 is 0 Å². The molecule has 4 heteroatoms. The monoisotopic (exact) mass is 270 g/mol. The first-order chi connectivity index (χ1) is 9.54. The van der Waals surface area contributed by atoms with Crippen LogP contribution in [0.2, 0.25) is 0 Å². The number of anilines is 4. The van der Waals surface area contributed by atoms with E-state index in [0.29, 0.717) is 0 Å². The number of nitrogens with two attached hydrogens (primary N) is 1. The van der Waals surface area contributed by atoms with Gasteiger partial charge in [0.15, 0.2) is 0 Å². The predicted octanol–water partition coefficient (Wildman–Crippen LogP) is 3.20. The van der Waals surface area contributed by atoms with Crippen molar-refractivity contribution in [2.75, 3.05) is 35.4 Å². The van der Waals surface area contributed by atoms with Crippen LogP contribution < -0.4 is 21.3 Å². The fourth-order valence-corrected chi connectivity index (χ4v) is 2.02. The zero-order valence-corrected chi connectivity index (χ0v) is 12.2. The number of nitrogens with one attached hydrogen (secondary N) is 2. The Morgan fingerprint density at radius 2 is 1.60 bits per heavy atom. The maximum absolute atomic E-state index is 5.77. The highest BCUT2D eigenvalue weighted by molar-refractivity contribution is 5.57. The minimum Gasteiger partial charge on any atom is -0.399 e. The highest BCUT2D eigenvalue weighted by atomic mass is 15.1. The Balaban J connectivity index is 1.95. The van der Waals surface area contributed by atoms with Crippen molar-refractivity contribution in [2.24, 2.45) is 0 Å². The van der Waals surface area contributed by atoms with Crippen LogP contribution in [0.4, 0.5) is 22.7 Å². The molecule has 106 valence electrons. The van der Waals surface area contributed by atoms with Crippen LogP contribution in [0.25, 0.3) is 0 Å². The third-order valence-corrected chi connectivity index (χ3v) is 3.04. The molecule has 0 saturated heterocycles. The number of hydrogen-bond acceptors (Lipinski definition) is 4. The van der Waals surface area contributed by atoms with E-state index in [1.807, 2.05) is 38.4 Å². The van der Waals surface area contributed by atoms with E-state index < -0.39 is 0 Å². The Morgan fingerprint density at radius 3 is 2.20 bits per heavy atom. The average molecular weight is 270 g/mol. The summed E-state index contributed by atoms with van der Waals surface area (Å²) >= 11 is 0. The SMILES string of the molecule is CC(Nc1ccc(N(C)C)cc1)Nc1cccc(N)c1. The van der Waals surface area contributed by atoms with E-state index in [0.717, 1.165) is 17.1 Å². The molecule has 0 amide bonds. The molecule has 0 aromatic heterocycles. The van der Waals surface area contributed by atoms with E-state index in [4.69, 9.17) is 5.73 Å². The number of rotatable bonds is 5. The fraction of sp³-hybridized carbons (Fsp3) is 0.250. The molecule has 0 radical (unpaired) electrons. The highest BCUT2D eigenvalue weighted by Gasteiger charge is 2.02. The minimum atomic E-state index is 0.113. The largest absolute Gasteiger partial charge is 0.399 e. The Morgan fingerprint density at radius 1 is 0.950 bits per heavy atom. The smallest absolute Gasteiger partial charge is 0.0934 e. The Kier molecular flexibility index (Phi) is 4.35. The summed E-state index contributed by atoms with van der Waals surface area (Å²) in [7, 11) is 4.07. The van der Waals surface area contributed by atoms with Gasteiger partial charge < -0.3 is 21.3 Å². The molecule has 0 fully saturated rings. The molecule has 0 spiro atoms. The molecule has 4 N–H and O–H groups in total. The maximum atomic E-state index is 5.77. The zero-order valence-electron chi connectivity index (χ0n) is 12.2. The molecule has 20 heavy (non-hydrogen) atoms. The van der Waals surface area contributed by atoms with Crippen molar-refractivity contribution in [3.8, 4) is 0 Å². The first kappa shape index (κ1) is 14.1. The van der Waals surface area contributed by atoms with E-state index in [1.165, 1.54) is 5.69 Å². The lowest BCUT2D eigenvalue weighted by Gasteiger charge is -2.19. The third-order valence-electron chi connectivity index (χ3n) is 3.04. The number of hydrogen-bond donors (Lipinski definition) is 3. The third kappa shape index (κ3) is 3.82. The molecule has 1 atom stereocenters. The van der Waals surface area contributed by atoms with Crippen molar-refractivity contribution in [3.63, 3.8) is 0 Å². The second-order valence-corrected chi connectivity index (χ2v) is 5.08. The number of nitrogen functional groups attached to an aromatic ring is 1. The molecular weight excluding hydrogens is 248 g/mol. The number of nitrogens with zero attached hydrogens (tertiary/aromatic N) is 1. The van der Waals surface area contributed by atoms with Gasteiger partial charge >= 0.3 is 0 Å². The van der Waals surface area contributed by atoms with Crippen molar-refractivity contribution in [3.05, 3.63) is 48.5 Å². The van der Waals surface area contributed by atoms with Gasteiger partial charge in [0.2, 0.25) is 0 Å². The summed E-state index contributed by atoms with van der Waals surface area (Å²) < 4.78 is 0. The zero-order chi connectivity index (χ0) is 14.5. The van der Waals surface area contributed by atoms with Crippen LogP contribution in [0.5, 0.6) is 0 Å². The average Bonchev–Trinajstić information content (AvgIpc) is 2.39. The summed E-state index contributed by atoms with van der Waals surface area (Å²) in [6, 6.07) is 16.1. The predicted molar refractivity (Wildman–Crippen MR) is 88.3 cm³/mol. The lowest BCUT2D eigenvalue weighted by molar-refractivity contribution is 0.916. The van der Waals surface area contributed by atoms with Gasteiger partial charge in [-0.15, -0.1) is 0 Å². The molecule has 0 saturated carbocycles. The molecule has 0 aliphatic heterocycles. The minimum absolute atomic E-state index is 0.113. The first-order valence-corrected chi connectivity index (χ1v) is 6.70. The van der Waals surface area contributed by atoms with E-state index in [2.05, 4.69) is 46.7 Å². The lowest BCUT2D eigenvalue weighted by atomic mass is 10.2. The van der Waals surface area contributed by atoms with Gasteiger partial charge in [0.05, 0.1) is 6.17 Å². The fourth-order valence-electron chi connectivity index (χ4n) is 2.02. The summed E-state index contributed by atoms with van der Waals surface area (Å²) in [5.74, 6) is 0. The highest BCUT2D eigenvalue weighted by Crippen LogP contribution is 2.17. The van der Waals surface area contributed by atoms with Crippen molar-refractivity contribution >= 4 is 22.7 Å². The molecular formula is C16H22N4. The van der Waals surface area contributed by atoms with Crippen molar-refractivity contribution in [2.45, 2.75) is 13.1 Å². The van der Waals surface area contributed by atoms with Crippen molar-refractivity contribution in [1.82, 2.24) is 0 Å². The molecule has 0 aliphatic carbocycles. The summed E-state index contributed by atoms with van der Waals surface area (Å²) in [6.07, 6.45) is 0.113. The van der Waals surface area contributed by atoms with Gasteiger partial charge in [-0.25, -0.2) is 0 Å². The van der Waals surface area contributed by atoms with Gasteiger partial charge in [-0.2, -0.15) is 0 Å². The van der Waals surface area contributed by atoms with Gasteiger partial charge in [-0.05, 0) is 49.4 Å². The van der Waals surface area contributed by atoms with Gasteiger partial charge in [0.25, 0.3) is 0 Å². The van der Waals surface area contributed by atoms with Gasteiger partial charge in [-0.3, -0.25) is 0 Å². The second kappa shape index (κ2) is 6.19. The molecule has 0 aliphatic rings. The van der Waals surface area contributed by atoms with Crippen LogP contribution >= 0.6 is 0 Å². The van der Waals surface area contributed by atoms with Crippen LogP contribution in [0.1, 0.15) is 6.92 Å². The molecule has 0 bridgehead atoms. The Labute approximate surface area is 120 Å². The number of benzene rings is 2. The quantitative estimate of drug-likeness (QED) is 0.577. The maximum Gasteiger partial charge on any atom is 0.0934 e. The summed E-state index contributed by atoms with van der Waals surface area (Å²) in [4.78, 5) is 2.08. The molecule has 2 aromatic rings. The van der Waals surface area contributed by atoms with Crippen molar-refractivity contribution in [1.29, 1.82) is 0 Å². The molecule has 2 aromatic carbocycles. The Hall–Kier alpha value is -2.36.